The van der Waals surface area contributed by atoms with Gasteiger partial charge >= 0.3 is 0 Å². The number of hydrogen-bond donors (Lipinski definition) is 1. The molecule has 1 aliphatic heterocycles. The molecule has 3 rings (SSSR count). The number of nitrogens with zero attached hydrogens (tertiary/aromatic N) is 4. The van der Waals surface area contributed by atoms with Crippen molar-refractivity contribution in [2.45, 2.75) is 13.3 Å². The van der Waals surface area contributed by atoms with Gasteiger partial charge in [0.2, 0.25) is 11.0 Å². The van der Waals surface area contributed by atoms with Crippen LogP contribution in [-0.2, 0) is 11.2 Å². The molecule has 0 unspecified atom stereocenters. The lowest BCUT2D eigenvalue weighted by Crippen LogP contribution is -2.48. The molecule has 128 valence electrons. The zero-order chi connectivity index (χ0) is 16.9. The van der Waals surface area contributed by atoms with Crippen molar-refractivity contribution in [3.63, 3.8) is 0 Å². The van der Waals surface area contributed by atoms with Gasteiger partial charge in [0, 0.05) is 31.9 Å². The molecule has 0 saturated carbocycles. The maximum atomic E-state index is 13.0. The van der Waals surface area contributed by atoms with Crippen molar-refractivity contribution in [3.8, 4) is 0 Å². The summed E-state index contributed by atoms with van der Waals surface area (Å²) < 4.78 is 13.0. The predicted octanol–water partition coefficient (Wildman–Crippen LogP) is 2.00. The number of benzene rings is 1. The van der Waals surface area contributed by atoms with Crippen LogP contribution in [0, 0.1) is 5.82 Å². The lowest BCUT2D eigenvalue weighted by Gasteiger charge is -2.35. The Kier molecular flexibility index (Phi) is 5.37. The molecular formula is C16H20FN5OS. The fourth-order valence-electron chi connectivity index (χ4n) is 2.62. The number of halogens is 1. The molecule has 1 N–H and O–H groups in total. The van der Waals surface area contributed by atoms with Crippen molar-refractivity contribution < 1.29 is 9.18 Å². The molecule has 6 nitrogen and oxygen atoms in total. The van der Waals surface area contributed by atoms with Gasteiger partial charge in [-0.1, -0.05) is 18.3 Å². The van der Waals surface area contributed by atoms with E-state index in [1.807, 2.05) is 6.92 Å². The number of anilines is 2. The number of rotatable bonds is 5. The second kappa shape index (κ2) is 7.67. The number of aryl methyl sites for hydroxylation is 1. The van der Waals surface area contributed by atoms with E-state index in [4.69, 9.17) is 0 Å². The van der Waals surface area contributed by atoms with Gasteiger partial charge in [-0.3, -0.25) is 15.0 Å². The monoisotopic (exact) mass is 349 g/mol. The molecule has 1 fully saturated rings. The Hall–Kier alpha value is -2.06. The van der Waals surface area contributed by atoms with Crippen LogP contribution in [-0.4, -0.2) is 53.7 Å². The first-order valence-corrected chi connectivity index (χ1v) is 8.81. The Morgan fingerprint density at radius 1 is 1.21 bits per heavy atom. The van der Waals surface area contributed by atoms with Crippen LogP contribution in [0.1, 0.15) is 11.9 Å². The number of piperazine rings is 1. The zero-order valence-electron chi connectivity index (χ0n) is 13.5. The molecule has 1 amide bonds. The maximum absolute atomic E-state index is 13.0. The highest BCUT2D eigenvalue weighted by Gasteiger charge is 2.19. The summed E-state index contributed by atoms with van der Waals surface area (Å²) in [6.07, 6.45) is 0.818. The lowest BCUT2D eigenvalue weighted by molar-refractivity contribution is -0.117. The molecule has 8 heteroatoms. The highest BCUT2D eigenvalue weighted by Crippen LogP contribution is 2.17. The highest BCUT2D eigenvalue weighted by molar-refractivity contribution is 7.15. The van der Waals surface area contributed by atoms with E-state index in [2.05, 4.69) is 25.3 Å². The van der Waals surface area contributed by atoms with Crippen molar-refractivity contribution in [2.75, 3.05) is 42.9 Å². The van der Waals surface area contributed by atoms with Crippen LogP contribution in [0.2, 0.25) is 0 Å². The molecule has 1 aromatic heterocycles. The van der Waals surface area contributed by atoms with Crippen LogP contribution in [0.15, 0.2) is 24.3 Å². The predicted molar refractivity (Wildman–Crippen MR) is 93.0 cm³/mol. The van der Waals surface area contributed by atoms with Gasteiger partial charge < -0.3 is 4.90 Å². The van der Waals surface area contributed by atoms with Crippen LogP contribution in [0.5, 0.6) is 0 Å². The number of aromatic nitrogens is 2. The summed E-state index contributed by atoms with van der Waals surface area (Å²) in [5.74, 6) is -0.291. The third-order valence-electron chi connectivity index (χ3n) is 3.95. The Bertz CT molecular complexity index is 682. The minimum atomic E-state index is -0.225. The van der Waals surface area contributed by atoms with Gasteiger partial charge in [-0.05, 0) is 30.7 Å². The molecule has 1 aromatic carbocycles. The van der Waals surface area contributed by atoms with Gasteiger partial charge in [-0.25, -0.2) is 4.39 Å². The Balaban J connectivity index is 1.46. The van der Waals surface area contributed by atoms with Gasteiger partial charge in [0.25, 0.3) is 0 Å². The van der Waals surface area contributed by atoms with E-state index < -0.39 is 0 Å². The van der Waals surface area contributed by atoms with E-state index in [9.17, 15) is 9.18 Å². The second-order valence-corrected chi connectivity index (χ2v) is 6.70. The molecule has 1 aliphatic rings. The third kappa shape index (κ3) is 4.27. The average Bonchev–Trinajstić information content (AvgIpc) is 3.04. The van der Waals surface area contributed by atoms with Gasteiger partial charge in [-0.2, -0.15) is 0 Å². The molecule has 0 aliphatic carbocycles. The van der Waals surface area contributed by atoms with Crippen molar-refractivity contribution in [1.82, 2.24) is 15.1 Å². The van der Waals surface area contributed by atoms with Crippen molar-refractivity contribution >= 4 is 28.1 Å². The Morgan fingerprint density at radius 3 is 2.54 bits per heavy atom. The highest BCUT2D eigenvalue weighted by atomic mass is 32.1. The summed E-state index contributed by atoms with van der Waals surface area (Å²) in [6, 6.07) is 6.53. The summed E-state index contributed by atoms with van der Waals surface area (Å²) in [5, 5.41) is 12.2. The fraction of sp³-hybridized carbons (Fsp3) is 0.438. The first kappa shape index (κ1) is 16.8. The van der Waals surface area contributed by atoms with E-state index in [-0.39, 0.29) is 11.7 Å². The van der Waals surface area contributed by atoms with E-state index in [1.54, 1.807) is 12.1 Å². The zero-order valence-corrected chi connectivity index (χ0v) is 14.4. The normalized spacial score (nSPS) is 15.5. The molecule has 0 radical (unpaired) electrons. The first-order chi connectivity index (χ1) is 11.6. The number of carbonyl (C=O) groups excluding carboxylic acids is 1. The molecule has 2 aromatic rings. The summed E-state index contributed by atoms with van der Waals surface area (Å²) in [7, 11) is 0. The number of amides is 1. The number of hydrogen-bond acceptors (Lipinski definition) is 6. The van der Waals surface area contributed by atoms with Crippen LogP contribution in [0.4, 0.5) is 15.2 Å². The van der Waals surface area contributed by atoms with Gasteiger partial charge in [0.05, 0.1) is 6.54 Å². The van der Waals surface area contributed by atoms with Crippen molar-refractivity contribution in [1.29, 1.82) is 0 Å². The summed E-state index contributed by atoms with van der Waals surface area (Å²) in [5.41, 5.74) is 1.02. The van der Waals surface area contributed by atoms with E-state index >= 15 is 0 Å². The largest absolute Gasteiger partial charge is 0.369 e. The van der Waals surface area contributed by atoms with Gasteiger partial charge in [0.1, 0.15) is 10.8 Å². The van der Waals surface area contributed by atoms with E-state index in [0.717, 1.165) is 43.3 Å². The smallest absolute Gasteiger partial charge is 0.240 e. The summed E-state index contributed by atoms with van der Waals surface area (Å²) in [4.78, 5) is 16.4. The topological polar surface area (TPSA) is 61.4 Å². The SMILES string of the molecule is CCc1nnc(NC(=O)CN2CCN(c3ccc(F)cc3)CC2)s1. The molecule has 2 heterocycles. The minimum Gasteiger partial charge on any atom is -0.369 e. The van der Waals surface area contributed by atoms with Crippen LogP contribution < -0.4 is 10.2 Å². The van der Waals surface area contributed by atoms with Gasteiger partial charge in [0.15, 0.2) is 0 Å². The van der Waals surface area contributed by atoms with Crippen molar-refractivity contribution in [3.05, 3.63) is 35.1 Å². The molecule has 24 heavy (non-hydrogen) atoms. The number of carbonyl (C=O) groups is 1. The van der Waals surface area contributed by atoms with E-state index in [1.165, 1.54) is 23.5 Å². The third-order valence-corrected chi connectivity index (χ3v) is 4.93. The quantitative estimate of drug-likeness (QED) is 0.895. The lowest BCUT2D eigenvalue weighted by atomic mass is 10.2. The summed E-state index contributed by atoms with van der Waals surface area (Å²) in [6.45, 7) is 5.57. The first-order valence-electron chi connectivity index (χ1n) is 7.99. The van der Waals surface area contributed by atoms with Crippen LogP contribution >= 0.6 is 11.3 Å². The molecule has 0 atom stereocenters. The van der Waals surface area contributed by atoms with Gasteiger partial charge in [-0.15, -0.1) is 10.2 Å². The fourth-order valence-corrected chi connectivity index (χ4v) is 3.32. The standard InChI is InChI=1S/C16H20FN5OS/c1-2-15-19-20-16(24-15)18-14(23)11-21-7-9-22(10-8-21)13-5-3-12(17)4-6-13/h3-6H,2,7-11H2,1H3,(H,18,20,23). The summed E-state index contributed by atoms with van der Waals surface area (Å²) >= 11 is 1.41. The average molecular weight is 349 g/mol. The second-order valence-electron chi connectivity index (χ2n) is 5.64. The van der Waals surface area contributed by atoms with E-state index in [0.29, 0.717) is 11.7 Å². The van der Waals surface area contributed by atoms with Crippen LogP contribution in [0.3, 0.4) is 0 Å². The Labute approximate surface area is 144 Å². The number of nitrogens with one attached hydrogen (secondary N) is 1. The molecular weight excluding hydrogens is 329 g/mol. The Morgan fingerprint density at radius 2 is 1.92 bits per heavy atom. The van der Waals surface area contributed by atoms with Crippen molar-refractivity contribution in [2.24, 2.45) is 0 Å². The molecule has 1 saturated heterocycles. The molecule has 0 bridgehead atoms. The van der Waals surface area contributed by atoms with Crippen LogP contribution in [0.25, 0.3) is 0 Å². The molecule has 0 spiro atoms. The minimum absolute atomic E-state index is 0.0657. The maximum Gasteiger partial charge on any atom is 0.240 e.